The van der Waals surface area contributed by atoms with E-state index in [4.69, 9.17) is 5.73 Å². The summed E-state index contributed by atoms with van der Waals surface area (Å²) in [6.45, 7) is 0.401. The number of nitrogens with one attached hydrogen (secondary N) is 1. The van der Waals surface area contributed by atoms with E-state index in [1.54, 1.807) is 17.9 Å². The molecule has 2 rings (SSSR count). The smallest absolute Gasteiger partial charge is 0.254 e. The number of nitrogens with two attached hydrogens (primary N) is 1. The van der Waals surface area contributed by atoms with E-state index >= 15 is 0 Å². The quantitative estimate of drug-likeness (QED) is 0.837. The molecule has 0 saturated heterocycles. The summed E-state index contributed by atoms with van der Waals surface area (Å²) in [6.07, 6.45) is 3.20. The molecule has 1 aromatic heterocycles. The van der Waals surface area contributed by atoms with Crippen molar-refractivity contribution in [2.45, 2.75) is 6.04 Å². The van der Waals surface area contributed by atoms with Gasteiger partial charge in [-0.25, -0.2) is 0 Å². The maximum atomic E-state index is 11.8. The maximum Gasteiger partial charge on any atom is 0.254 e. The van der Waals surface area contributed by atoms with Crippen molar-refractivity contribution in [3.8, 4) is 0 Å². The lowest BCUT2D eigenvalue weighted by Crippen LogP contribution is -2.31. The van der Waals surface area contributed by atoms with Gasteiger partial charge in [0.25, 0.3) is 5.91 Å². The highest BCUT2D eigenvalue weighted by molar-refractivity contribution is 5.93. The van der Waals surface area contributed by atoms with Crippen molar-refractivity contribution >= 4 is 5.91 Å². The molecule has 5 nitrogen and oxygen atoms in total. The number of aromatic nitrogens is 2. The van der Waals surface area contributed by atoms with Crippen LogP contribution in [-0.2, 0) is 7.05 Å². The lowest BCUT2D eigenvalue weighted by molar-refractivity contribution is 0.0951. The van der Waals surface area contributed by atoms with Crippen molar-refractivity contribution in [2.24, 2.45) is 12.8 Å². The van der Waals surface area contributed by atoms with E-state index in [1.807, 2.05) is 30.3 Å². The third-order valence-electron chi connectivity index (χ3n) is 2.68. The van der Waals surface area contributed by atoms with E-state index in [0.29, 0.717) is 12.1 Å². The van der Waals surface area contributed by atoms with Gasteiger partial charge in [-0.1, -0.05) is 30.3 Å². The summed E-state index contributed by atoms with van der Waals surface area (Å²) in [5.41, 5.74) is 7.53. The monoisotopic (exact) mass is 244 g/mol. The van der Waals surface area contributed by atoms with Crippen molar-refractivity contribution in [3.63, 3.8) is 0 Å². The highest BCUT2D eigenvalue weighted by atomic mass is 16.1. The SMILES string of the molecule is Cn1cc(C(=O)NCC(N)c2ccccc2)cn1. The fourth-order valence-corrected chi connectivity index (χ4v) is 1.66. The van der Waals surface area contributed by atoms with Crippen molar-refractivity contribution in [1.29, 1.82) is 0 Å². The molecule has 0 radical (unpaired) electrons. The third-order valence-corrected chi connectivity index (χ3v) is 2.68. The van der Waals surface area contributed by atoms with E-state index in [2.05, 4.69) is 10.4 Å². The highest BCUT2D eigenvalue weighted by Gasteiger charge is 2.10. The van der Waals surface area contributed by atoms with Crippen molar-refractivity contribution in [3.05, 3.63) is 53.9 Å². The third kappa shape index (κ3) is 2.95. The Morgan fingerprint density at radius 1 is 1.44 bits per heavy atom. The number of benzene rings is 1. The molecule has 0 aliphatic rings. The number of amides is 1. The zero-order chi connectivity index (χ0) is 13.0. The van der Waals surface area contributed by atoms with E-state index in [-0.39, 0.29) is 11.9 Å². The molecule has 1 unspecified atom stereocenters. The molecule has 1 aromatic carbocycles. The molecule has 0 fully saturated rings. The number of hydrogen-bond donors (Lipinski definition) is 2. The predicted molar refractivity (Wildman–Crippen MR) is 68.9 cm³/mol. The topological polar surface area (TPSA) is 72.9 Å². The lowest BCUT2D eigenvalue weighted by atomic mass is 10.1. The molecule has 5 heteroatoms. The largest absolute Gasteiger partial charge is 0.350 e. The molecular weight excluding hydrogens is 228 g/mol. The van der Waals surface area contributed by atoms with Crippen molar-refractivity contribution < 1.29 is 4.79 Å². The second kappa shape index (κ2) is 5.46. The molecule has 0 aliphatic heterocycles. The minimum absolute atomic E-state index is 0.158. The first-order chi connectivity index (χ1) is 8.66. The van der Waals surface area contributed by atoms with Gasteiger partial charge in [-0.2, -0.15) is 5.10 Å². The van der Waals surface area contributed by atoms with Crippen molar-refractivity contribution in [1.82, 2.24) is 15.1 Å². The van der Waals surface area contributed by atoms with Gasteiger partial charge in [-0.3, -0.25) is 9.48 Å². The summed E-state index contributed by atoms with van der Waals surface area (Å²) in [5.74, 6) is -0.158. The standard InChI is InChI=1S/C13H16N4O/c1-17-9-11(7-16-17)13(18)15-8-12(14)10-5-3-2-4-6-10/h2-7,9,12H,8,14H2,1H3,(H,15,18). The summed E-state index contributed by atoms with van der Waals surface area (Å²) in [7, 11) is 1.77. The Morgan fingerprint density at radius 2 is 2.17 bits per heavy atom. The molecular formula is C13H16N4O. The Hall–Kier alpha value is -2.14. The normalized spacial score (nSPS) is 12.1. The average molecular weight is 244 g/mol. The summed E-state index contributed by atoms with van der Waals surface area (Å²) in [4.78, 5) is 11.8. The zero-order valence-electron chi connectivity index (χ0n) is 10.2. The van der Waals surface area contributed by atoms with E-state index in [0.717, 1.165) is 5.56 Å². The van der Waals surface area contributed by atoms with Crippen LogP contribution < -0.4 is 11.1 Å². The van der Waals surface area contributed by atoms with E-state index in [1.165, 1.54) is 6.20 Å². The van der Waals surface area contributed by atoms with Crippen LogP contribution in [0.1, 0.15) is 22.0 Å². The number of aryl methyl sites for hydroxylation is 1. The molecule has 94 valence electrons. The first kappa shape index (κ1) is 12.3. The second-order valence-corrected chi connectivity index (χ2v) is 4.13. The van der Waals surface area contributed by atoms with E-state index < -0.39 is 0 Å². The lowest BCUT2D eigenvalue weighted by Gasteiger charge is -2.12. The molecule has 0 aliphatic carbocycles. The number of nitrogens with zero attached hydrogens (tertiary/aromatic N) is 2. The number of carbonyl (C=O) groups is 1. The molecule has 18 heavy (non-hydrogen) atoms. The fourth-order valence-electron chi connectivity index (χ4n) is 1.66. The van der Waals surface area contributed by atoms with Crippen LogP contribution in [0.4, 0.5) is 0 Å². The molecule has 2 aromatic rings. The number of hydrogen-bond acceptors (Lipinski definition) is 3. The van der Waals surface area contributed by atoms with Gasteiger partial charge in [0.05, 0.1) is 11.8 Å². The molecule has 0 spiro atoms. The minimum atomic E-state index is -0.202. The predicted octanol–water partition coefficient (Wildman–Crippen LogP) is 0.850. The Kier molecular flexibility index (Phi) is 3.74. The van der Waals surface area contributed by atoms with Gasteiger partial charge in [0, 0.05) is 25.8 Å². The average Bonchev–Trinajstić information content (AvgIpc) is 2.83. The summed E-state index contributed by atoms with van der Waals surface area (Å²) >= 11 is 0. The van der Waals surface area contributed by atoms with Crippen LogP contribution in [0.5, 0.6) is 0 Å². The fraction of sp³-hybridized carbons (Fsp3) is 0.231. The van der Waals surface area contributed by atoms with Crippen molar-refractivity contribution in [2.75, 3.05) is 6.54 Å². The summed E-state index contributed by atoms with van der Waals surface area (Å²) in [5, 5.41) is 6.74. The molecule has 3 N–H and O–H groups in total. The number of rotatable bonds is 4. The molecule has 0 saturated carbocycles. The van der Waals surface area contributed by atoms with E-state index in [9.17, 15) is 4.79 Å². The van der Waals surface area contributed by atoms with Crippen LogP contribution in [-0.4, -0.2) is 22.2 Å². The highest BCUT2D eigenvalue weighted by Crippen LogP contribution is 2.08. The number of carbonyl (C=O) groups excluding carboxylic acids is 1. The van der Waals surface area contributed by atoms with Crippen LogP contribution in [0.3, 0.4) is 0 Å². The Bertz CT molecular complexity index is 521. The van der Waals surface area contributed by atoms with Gasteiger partial charge in [-0.05, 0) is 5.56 Å². The second-order valence-electron chi connectivity index (χ2n) is 4.13. The van der Waals surface area contributed by atoms with Gasteiger partial charge in [0.1, 0.15) is 0 Å². The molecule has 1 atom stereocenters. The minimum Gasteiger partial charge on any atom is -0.350 e. The van der Waals surface area contributed by atoms with Gasteiger partial charge in [0.2, 0.25) is 0 Å². The first-order valence-electron chi connectivity index (χ1n) is 5.74. The zero-order valence-corrected chi connectivity index (χ0v) is 10.2. The van der Waals surface area contributed by atoms with Crippen LogP contribution in [0, 0.1) is 0 Å². The Labute approximate surface area is 106 Å². The van der Waals surface area contributed by atoms with Gasteiger partial charge in [-0.15, -0.1) is 0 Å². The van der Waals surface area contributed by atoms with Gasteiger partial charge in [0.15, 0.2) is 0 Å². The maximum absolute atomic E-state index is 11.8. The van der Waals surface area contributed by atoms with Crippen LogP contribution >= 0.6 is 0 Å². The van der Waals surface area contributed by atoms with Crippen LogP contribution in [0.25, 0.3) is 0 Å². The van der Waals surface area contributed by atoms with Gasteiger partial charge < -0.3 is 11.1 Å². The Morgan fingerprint density at radius 3 is 2.78 bits per heavy atom. The van der Waals surface area contributed by atoms with Crippen LogP contribution in [0.15, 0.2) is 42.7 Å². The molecule has 1 amide bonds. The Balaban J connectivity index is 1.90. The first-order valence-corrected chi connectivity index (χ1v) is 5.74. The van der Waals surface area contributed by atoms with Crippen LogP contribution in [0.2, 0.25) is 0 Å². The summed E-state index contributed by atoms with van der Waals surface area (Å²) in [6, 6.07) is 9.48. The molecule has 0 bridgehead atoms. The van der Waals surface area contributed by atoms with Gasteiger partial charge >= 0.3 is 0 Å². The summed E-state index contributed by atoms with van der Waals surface area (Å²) < 4.78 is 1.59. The molecule has 1 heterocycles.